The molecule has 6 heteroatoms. The molecular weight excluding hydrogens is 348 g/mol. The molecule has 0 aliphatic heterocycles. The van der Waals surface area contributed by atoms with E-state index in [1.807, 2.05) is 50.4 Å². The fourth-order valence-electron chi connectivity index (χ4n) is 2.82. The molecule has 0 saturated carbocycles. The molecule has 2 N–H and O–H groups in total. The van der Waals surface area contributed by atoms with Crippen molar-refractivity contribution in [3.8, 4) is 0 Å². The van der Waals surface area contributed by atoms with Crippen molar-refractivity contribution in [3.63, 3.8) is 0 Å². The molecule has 1 atom stereocenters. The average Bonchev–Trinajstić information content (AvgIpc) is 3.06. The number of carbonyl (C=O) groups is 2. The highest BCUT2D eigenvalue weighted by Crippen LogP contribution is 2.35. The van der Waals surface area contributed by atoms with Crippen LogP contribution < -0.4 is 10.6 Å². The zero-order valence-corrected chi connectivity index (χ0v) is 15.6. The van der Waals surface area contributed by atoms with Crippen LogP contribution in [0.4, 0.5) is 5.69 Å². The van der Waals surface area contributed by atoms with Crippen molar-refractivity contribution >= 4 is 39.0 Å². The van der Waals surface area contributed by atoms with E-state index >= 15 is 0 Å². The van der Waals surface area contributed by atoms with E-state index in [9.17, 15) is 9.59 Å². The first-order chi connectivity index (χ1) is 12.5. The average molecular weight is 368 g/mol. The number of hydrogen-bond donors (Lipinski definition) is 2. The van der Waals surface area contributed by atoms with Crippen LogP contribution in [-0.2, 0) is 4.74 Å². The summed E-state index contributed by atoms with van der Waals surface area (Å²) in [6, 6.07) is 14.8. The van der Waals surface area contributed by atoms with Crippen LogP contribution in [0.3, 0.4) is 0 Å². The molecule has 0 saturated heterocycles. The Bertz CT molecular complexity index is 947. The second-order valence-corrected chi connectivity index (χ2v) is 6.91. The molecule has 1 heterocycles. The maximum absolute atomic E-state index is 12.8. The smallest absolute Gasteiger partial charge is 0.337 e. The number of amides is 1. The summed E-state index contributed by atoms with van der Waals surface area (Å²) in [6.07, 6.45) is 0. The van der Waals surface area contributed by atoms with Crippen LogP contribution in [0.2, 0.25) is 0 Å². The summed E-state index contributed by atoms with van der Waals surface area (Å²) in [6.45, 7) is 1.91. The lowest BCUT2D eigenvalue weighted by Gasteiger charge is -2.15. The predicted molar refractivity (Wildman–Crippen MR) is 105 cm³/mol. The minimum absolute atomic E-state index is 0.125. The number of fused-ring (bicyclic) bond motifs is 1. The van der Waals surface area contributed by atoms with Crippen molar-refractivity contribution in [1.82, 2.24) is 5.32 Å². The number of anilines is 1. The molecule has 0 fully saturated rings. The summed E-state index contributed by atoms with van der Waals surface area (Å²) in [4.78, 5) is 25.0. The van der Waals surface area contributed by atoms with Crippen LogP contribution in [0, 0.1) is 0 Å². The monoisotopic (exact) mass is 368 g/mol. The number of benzene rings is 2. The predicted octanol–water partition coefficient (Wildman–Crippen LogP) is 4.22. The lowest BCUT2D eigenvalue weighted by atomic mass is 10.1. The molecule has 26 heavy (non-hydrogen) atoms. The van der Waals surface area contributed by atoms with Gasteiger partial charge in [0.05, 0.1) is 24.4 Å². The Balaban J connectivity index is 1.80. The van der Waals surface area contributed by atoms with Crippen molar-refractivity contribution in [2.24, 2.45) is 0 Å². The van der Waals surface area contributed by atoms with E-state index in [2.05, 4.69) is 10.6 Å². The maximum atomic E-state index is 12.8. The topological polar surface area (TPSA) is 67.4 Å². The lowest BCUT2D eigenvalue weighted by molar-refractivity contribution is 0.0600. The van der Waals surface area contributed by atoms with Crippen LogP contribution in [-0.4, -0.2) is 26.0 Å². The number of carbonyl (C=O) groups excluding carboxylic acids is 2. The minimum atomic E-state index is -0.378. The van der Waals surface area contributed by atoms with Gasteiger partial charge in [0, 0.05) is 17.1 Å². The summed E-state index contributed by atoms with van der Waals surface area (Å²) in [7, 11) is 3.17. The molecular formula is C20H20N2O3S. The van der Waals surface area contributed by atoms with Gasteiger partial charge in [0.25, 0.3) is 5.91 Å². The second kappa shape index (κ2) is 7.58. The highest BCUT2D eigenvalue weighted by Gasteiger charge is 2.19. The molecule has 3 aromatic rings. The number of ether oxygens (including phenoxy) is 1. The molecule has 0 radical (unpaired) electrons. The number of nitrogens with one attached hydrogen (secondary N) is 2. The Morgan fingerprint density at radius 2 is 1.77 bits per heavy atom. The molecule has 0 aliphatic rings. The molecule has 0 spiro atoms. The van der Waals surface area contributed by atoms with E-state index < -0.39 is 0 Å². The Morgan fingerprint density at radius 3 is 2.42 bits per heavy atom. The quantitative estimate of drug-likeness (QED) is 0.662. The highest BCUT2D eigenvalue weighted by molar-refractivity contribution is 7.21. The lowest BCUT2D eigenvalue weighted by Crippen LogP contribution is -2.26. The Kier molecular flexibility index (Phi) is 5.23. The Morgan fingerprint density at radius 1 is 1.08 bits per heavy atom. The summed E-state index contributed by atoms with van der Waals surface area (Å²) in [5, 5.41) is 7.21. The third-order valence-electron chi connectivity index (χ3n) is 4.23. The number of esters is 1. The molecule has 0 unspecified atom stereocenters. The van der Waals surface area contributed by atoms with Crippen LogP contribution >= 0.6 is 11.3 Å². The van der Waals surface area contributed by atoms with Gasteiger partial charge in [-0.05, 0) is 30.7 Å². The number of hydrogen-bond acceptors (Lipinski definition) is 5. The van der Waals surface area contributed by atoms with Crippen molar-refractivity contribution in [2.75, 3.05) is 19.5 Å². The molecule has 5 nitrogen and oxygen atoms in total. The molecule has 134 valence electrons. The first-order valence-electron chi connectivity index (χ1n) is 8.23. The fourth-order valence-corrected chi connectivity index (χ4v) is 3.94. The van der Waals surface area contributed by atoms with Gasteiger partial charge in [0.1, 0.15) is 4.88 Å². The SMILES string of the molecule is CNc1c(C(=O)N[C@@H](C)c2ccc(C(=O)OC)cc2)sc2ccccc12. The molecule has 1 aromatic heterocycles. The van der Waals surface area contributed by atoms with Gasteiger partial charge in [-0.1, -0.05) is 30.3 Å². The van der Waals surface area contributed by atoms with Gasteiger partial charge in [-0.2, -0.15) is 0 Å². The maximum Gasteiger partial charge on any atom is 0.337 e. The number of methoxy groups -OCH3 is 1. The fraction of sp³-hybridized carbons (Fsp3) is 0.200. The van der Waals surface area contributed by atoms with E-state index in [1.54, 1.807) is 12.1 Å². The van der Waals surface area contributed by atoms with Crippen LogP contribution in [0.1, 0.15) is 38.6 Å². The zero-order chi connectivity index (χ0) is 18.7. The standard InChI is InChI=1S/C20H20N2O3S/c1-12(13-8-10-14(11-9-13)20(24)25-3)22-19(23)18-17(21-2)15-6-4-5-7-16(15)26-18/h4-12,21H,1-3H3,(H,22,23)/t12-/m0/s1. The first kappa shape index (κ1) is 17.9. The minimum Gasteiger partial charge on any atom is -0.465 e. The van der Waals surface area contributed by atoms with Gasteiger partial charge in [-0.15, -0.1) is 11.3 Å². The van der Waals surface area contributed by atoms with E-state index in [4.69, 9.17) is 4.74 Å². The van der Waals surface area contributed by atoms with Crippen molar-refractivity contribution in [3.05, 3.63) is 64.5 Å². The summed E-state index contributed by atoms with van der Waals surface area (Å²) < 4.78 is 5.77. The van der Waals surface area contributed by atoms with E-state index in [0.29, 0.717) is 10.4 Å². The van der Waals surface area contributed by atoms with Gasteiger partial charge in [-0.3, -0.25) is 4.79 Å². The first-order valence-corrected chi connectivity index (χ1v) is 9.05. The largest absolute Gasteiger partial charge is 0.465 e. The van der Waals surface area contributed by atoms with Crippen LogP contribution in [0.25, 0.3) is 10.1 Å². The second-order valence-electron chi connectivity index (χ2n) is 5.86. The van der Waals surface area contributed by atoms with Gasteiger partial charge in [-0.25, -0.2) is 4.79 Å². The molecule has 3 rings (SSSR count). The Labute approximate surface area is 156 Å². The Hall–Kier alpha value is -2.86. The number of thiophene rings is 1. The summed E-state index contributed by atoms with van der Waals surface area (Å²) >= 11 is 1.47. The number of rotatable bonds is 5. The molecule has 1 amide bonds. The molecule has 2 aromatic carbocycles. The normalized spacial score (nSPS) is 11.8. The van der Waals surface area contributed by atoms with Crippen molar-refractivity contribution < 1.29 is 14.3 Å². The van der Waals surface area contributed by atoms with Gasteiger partial charge in [0.2, 0.25) is 0 Å². The van der Waals surface area contributed by atoms with Crippen molar-refractivity contribution in [1.29, 1.82) is 0 Å². The summed E-state index contributed by atoms with van der Waals surface area (Å²) in [5.74, 6) is -0.503. The summed E-state index contributed by atoms with van der Waals surface area (Å²) in [5.41, 5.74) is 2.24. The third kappa shape index (κ3) is 3.41. The van der Waals surface area contributed by atoms with Crippen molar-refractivity contribution in [2.45, 2.75) is 13.0 Å². The highest BCUT2D eigenvalue weighted by atomic mass is 32.1. The third-order valence-corrected chi connectivity index (χ3v) is 5.40. The van der Waals surface area contributed by atoms with Crippen LogP contribution in [0.5, 0.6) is 0 Å². The molecule has 0 aliphatic carbocycles. The van der Waals surface area contributed by atoms with E-state index in [-0.39, 0.29) is 17.9 Å². The van der Waals surface area contributed by atoms with E-state index in [1.165, 1.54) is 18.4 Å². The van der Waals surface area contributed by atoms with Gasteiger partial charge >= 0.3 is 5.97 Å². The zero-order valence-electron chi connectivity index (χ0n) is 14.8. The van der Waals surface area contributed by atoms with Crippen LogP contribution in [0.15, 0.2) is 48.5 Å². The van der Waals surface area contributed by atoms with E-state index in [0.717, 1.165) is 21.3 Å². The van der Waals surface area contributed by atoms with Gasteiger partial charge in [0.15, 0.2) is 0 Å². The molecule has 0 bridgehead atoms. The van der Waals surface area contributed by atoms with Gasteiger partial charge < -0.3 is 15.4 Å².